The van der Waals surface area contributed by atoms with Crippen LogP contribution in [0.25, 0.3) is 0 Å². The molecule has 0 bridgehead atoms. The van der Waals surface area contributed by atoms with Gasteiger partial charge in [0.15, 0.2) is 0 Å². The Balaban J connectivity index is 3.56. The second kappa shape index (κ2) is 4.79. The van der Waals surface area contributed by atoms with Gasteiger partial charge in [0.2, 0.25) is 0 Å². The molecule has 0 amide bonds. The second-order valence-electron chi connectivity index (χ2n) is 1.92. The van der Waals surface area contributed by atoms with E-state index < -0.39 is 0 Å². The Hall–Kier alpha value is -1.05. The molecule has 56 valence electrons. The van der Waals surface area contributed by atoms with Crippen LogP contribution in [0.15, 0.2) is 25.3 Å². The number of hydrogen-bond acceptors (Lipinski definition) is 2. The first kappa shape index (κ1) is 8.95. The third-order valence-electron chi connectivity index (χ3n) is 0.960. The van der Waals surface area contributed by atoms with Crippen LogP contribution in [-0.4, -0.2) is 12.1 Å². The predicted octanol–water partition coefficient (Wildman–Crippen LogP) is 1.68. The van der Waals surface area contributed by atoms with E-state index in [9.17, 15) is 4.79 Å². The Bertz CT molecular complexity index is 138. The minimum atomic E-state index is -0.262. The van der Waals surface area contributed by atoms with Gasteiger partial charge in [-0.3, -0.25) is 4.79 Å². The van der Waals surface area contributed by atoms with Gasteiger partial charge in [-0.15, -0.1) is 6.58 Å². The Kier molecular flexibility index (Phi) is 4.29. The van der Waals surface area contributed by atoms with Crippen LogP contribution in [0.1, 0.15) is 13.3 Å². The van der Waals surface area contributed by atoms with Gasteiger partial charge in [0.25, 0.3) is 0 Å². The van der Waals surface area contributed by atoms with Crippen molar-refractivity contribution >= 4 is 5.97 Å². The van der Waals surface area contributed by atoms with E-state index in [0.717, 1.165) is 0 Å². The van der Waals surface area contributed by atoms with Crippen LogP contribution in [0.3, 0.4) is 0 Å². The average molecular weight is 140 g/mol. The Morgan fingerprint density at radius 2 is 2.30 bits per heavy atom. The topological polar surface area (TPSA) is 26.3 Å². The molecule has 0 heterocycles. The molecule has 2 heteroatoms. The van der Waals surface area contributed by atoms with Gasteiger partial charge in [-0.2, -0.15) is 0 Å². The predicted molar refractivity (Wildman–Crippen MR) is 40.6 cm³/mol. The highest BCUT2D eigenvalue weighted by molar-refractivity contribution is 5.71. The molecule has 0 fully saturated rings. The molecule has 1 atom stereocenters. The van der Waals surface area contributed by atoms with Crippen molar-refractivity contribution in [2.45, 2.75) is 19.4 Å². The summed E-state index contributed by atoms with van der Waals surface area (Å²) < 4.78 is 4.81. The Labute approximate surface area is 61.2 Å². The summed E-state index contributed by atoms with van der Waals surface area (Å²) in [6.07, 6.45) is 3.14. The van der Waals surface area contributed by atoms with Crippen LogP contribution in [0, 0.1) is 0 Å². The number of carbonyl (C=O) groups excluding carboxylic acids is 1. The molecule has 2 nitrogen and oxygen atoms in total. The van der Waals surface area contributed by atoms with Crippen LogP contribution >= 0.6 is 0 Å². The number of esters is 1. The third kappa shape index (κ3) is 3.89. The molecular formula is C8H12O2. The van der Waals surface area contributed by atoms with E-state index in [1.807, 2.05) is 0 Å². The zero-order valence-electron chi connectivity index (χ0n) is 6.17. The molecular weight excluding hydrogens is 128 g/mol. The monoisotopic (exact) mass is 140 g/mol. The van der Waals surface area contributed by atoms with Crippen LogP contribution in [0.4, 0.5) is 0 Å². The first-order valence-corrected chi connectivity index (χ1v) is 3.13. The summed E-state index contributed by atoms with van der Waals surface area (Å²) in [6.45, 7) is 8.64. The highest BCUT2D eigenvalue weighted by Crippen LogP contribution is 1.94. The minimum Gasteiger partial charge on any atom is -0.458 e. The summed E-state index contributed by atoms with van der Waals surface area (Å²) in [7, 11) is 0. The lowest BCUT2D eigenvalue weighted by Gasteiger charge is -2.05. The van der Waals surface area contributed by atoms with E-state index >= 15 is 0 Å². The number of ether oxygens (including phenoxy) is 1. The van der Waals surface area contributed by atoms with Gasteiger partial charge in [-0.05, 0) is 6.92 Å². The van der Waals surface area contributed by atoms with Crippen LogP contribution in [0.2, 0.25) is 0 Å². The highest BCUT2D eigenvalue weighted by Gasteiger charge is 2.02. The van der Waals surface area contributed by atoms with E-state index in [-0.39, 0.29) is 18.5 Å². The van der Waals surface area contributed by atoms with Crippen molar-refractivity contribution in [2.75, 3.05) is 0 Å². The van der Waals surface area contributed by atoms with Gasteiger partial charge >= 0.3 is 5.97 Å². The summed E-state index contributed by atoms with van der Waals surface area (Å²) in [6, 6.07) is 0. The lowest BCUT2D eigenvalue weighted by atomic mass is 10.4. The van der Waals surface area contributed by atoms with Gasteiger partial charge in [0.1, 0.15) is 6.10 Å². The normalized spacial score (nSPS) is 11.7. The maximum absolute atomic E-state index is 10.7. The molecule has 10 heavy (non-hydrogen) atoms. The van der Waals surface area contributed by atoms with Crippen LogP contribution in [-0.2, 0) is 9.53 Å². The van der Waals surface area contributed by atoms with Gasteiger partial charge in [-0.1, -0.05) is 18.7 Å². The van der Waals surface area contributed by atoms with Gasteiger partial charge in [0, 0.05) is 0 Å². The maximum Gasteiger partial charge on any atom is 0.310 e. The molecule has 0 aromatic rings. The summed E-state index contributed by atoms with van der Waals surface area (Å²) in [5.74, 6) is -0.262. The smallest absolute Gasteiger partial charge is 0.310 e. The largest absolute Gasteiger partial charge is 0.458 e. The summed E-state index contributed by atoms with van der Waals surface area (Å²) in [4.78, 5) is 10.7. The van der Waals surface area contributed by atoms with E-state index in [4.69, 9.17) is 4.74 Å². The molecule has 0 N–H and O–H groups in total. The fraction of sp³-hybridized carbons (Fsp3) is 0.375. The molecule has 0 aliphatic heterocycles. The quantitative estimate of drug-likeness (QED) is 0.438. The standard InChI is InChI=1S/C8H12O2/c1-4-6-8(9)10-7(3)5-2/h4-5,7H,1-2,6H2,3H3. The van der Waals surface area contributed by atoms with Crippen molar-refractivity contribution in [1.82, 2.24) is 0 Å². The van der Waals surface area contributed by atoms with Crippen LogP contribution in [0.5, 0.6) is 0 Å². The van der Waals surface area contributed by atoms with Crippen molar-refractivity contribution in [3.05, 3.63) is 25.3 Å². The molecule has 0 aliphatic rings. The molecule has 0 aromatic heterocycles. The number of hydrogen-bond donors (Lipinski definition) is 0. The molecule has 0 saturated carbocycles. The summed E-state index contributed by atoms with van der Waals surface area (Å²) >= 11 is 0. The van der Waals surface area contributed by atoms with Gasteiger partial charge in [-0.25, -0.2) is 0 Å². The van der Waals surface area contributed by atoms with Crippen molar-refractivity contribution in [3.8, 4) is 0 Å². The molecule has 0 aromatic carbocycles. The maximum atomic E-state index is 10.7. The van der Waals surface area contributed by atoms with E-state index in [1.54, 1.807) is 13.0 Å². The summed E-state index contributed by atoms with van der Waals surface area (Å²) in [5.41, 5.74) is 0. The molecule has 1 unspecified atom stereocenters. The highest BCUT2D eigenvalue weighted by atomic mass is 16.5. The van der Waals surface area contributed by atoms with Crippen molar-refractivity contribution < 1.29 is 9.53 Å². The molecule has 0 radical (unpaired) electrons. The lowest BCUT2D eigenvalue weighted by molar-refractivity contribution is -0.145. The summed E-state index contributed by atoms with van der Waals surface area (Å²) in [5, 5.41) is 0. The van der Waals surface area contributed by atoms with Crippen LogP contribution < -0.4 is 0 Å². The molecule has 0 rings (SSSR count). The SMILES string of the molecule is C=CCC(=O)OC(C)C=C. The first-order valence-electron chi connectivity index (χ1n) is 3.13. The van der Waals surface area contributed by atoms with Gasteiger partial charge in [0.05, 0.1) is 6.42 Å². The number of rotatable bonds is 4. The zero-order valence-corrected chi connectivity index (χ0v) is 6.17. The van der Waals surface area contributed by atoms with Gasteiger partial charge < -0.3 is 4.74 Å². The second-order valence-corrected chi connectivity index (χ2v) is 1.92. The van der Waals surface area contributed by atoms with Crippen molar-refractivity contribution in [2.24, 2.45) is 0 Å². The zero-order chi connectivity index (χ0) is 7.98. The Morgan fingerprint density at radius 1 is 1.70 bits per heavy atom. The molecule has 0 saturated heterocycles. The third-order valence-corrected chi connectivity index (χ3v) is 0.960. The van der Waals surface area contributed by atoms with E-state index in [1.165, 1.54) is 6.08 Å². The fourth-order valence-electron chi connectivity index (χ4n) is 0.421. The van der Waals surface area contributed by atoms with Crippen molar-refractivity contribution in [3.63, 3.8) is 0 Å². The average Bonchev–Trinajstić information content (AvgIpc) is 1.88. The lowest BCUT2D eigenvalue weighted by Crippen LogP contribution is -2.10. The molecule has 0 aliphatic carbocycles. The minimum absolute atomic E-state index is 0.201. The van der Waals surface area contributed by atoms with E-state index in [2.05, 4.69) is 13.2 Å². The Morgan fingerprint density at radius 3 is 2.70 bits per heavy atom. The van der Waals surface area contributed by atoms with Crippen molar-refractivity contribution in [1.29, 1.82) is 0 Å². The fourth-order valence-corrected chi connectivity index (χ4v) is 0.421. The number of carbonyl (C=O) groups is 1. The first-order chi connectivity index (χ1) is 4.70. The molecule has 0 spiro atoms. The van der Waals surface area contributed by atoms with E-state index in [0.29, 0.717) is 0 Å².